The predicted octanol–water partition coefficient (Wildman–Crippen LogP) is 4.55. The molecular weight excluding hydrogens is 522 g/mol. The van der Waals surface area contributed by atoms with Gasteiger partial charge in [0.15, 0.2) is 5.65 Å². The highest BCUT2D eigenvalue weighted by Gasteiger charge is 2.28. The Morgan fingerprint density at radius 2 is 1.79 bits per heavy atom. The lowest BCUT2D eigenvalue weighted by Crippen LogP contribution is -2.44. The number of nitrogens with one attached hydrogen (secondary N) is 1. The number of ether oxygens (including phenoxy) is 1. The number of carbonyl (C=O) groups excluding carboxylic acids is 1. The van der Waals surface area contributed by atoms with E-state index in [0.717, 1.165) is 5.56 Å². The summed E-state index contributed by atoms with van der Waals surface area (Å²) in [5.41, 5.74) is 0.733. The molecular formula is C23H28BrN5O4S. The van der Waals surface area contributed by atoms with Crippen LogP contribution in [0.15, 0.2) is 46.2 Å². The van der Waals surface area contributed by atoms with Crippen LogP contribution in [0.1, 0.15) is 39.2 Å². The molecule has 0 aliphatic carbocycles. The molecule has 0 spiro atoms. The van der Waals surface area contributed by atoms with E-state index in [2.05, 4.69) is 31.2 Å². The van der Waals surface area contributed by atoms with Crippen molar-refractivity contribution in [2.75, 3.05) is 18.4 Å². The van der Waals surface area contributed by atoms with E-state index in [0.29, 0.717) is 41.6 Å². The molecule has 0 bridgehead atoms. The number of hydrogen-bond acceptors (Lipinski definition) is 7. The average Bonchev–Trinajstić information content (AvgIpc) is 3.12. The van der Waals surface area contributed by atoms with Crippen LogP contribution in [0.5, 0.6) is 0 Å². The van der Waals surface area contributed by atoms with Crippen molar-refractivity contribution in [2.24, 2.45) is 0 Å². The maximum atomic E-state index is 13.3. The van der Waals surface area contributed by atoms with Crippen molar-refractivity contribution < 1.29 is 17.9 Å². The zero-order valence-electron chi connectivity index (χ0n) is 19.6. The van der Waals surface area contributed by atoms with Gasteiger partial charge in [0, 0.05) is 29.8 Å². The monoisotopic (exact) mass is 549 g/mol. The van der Waals surface area contributed by atoms with Gasteiger partial charge in [-0.05, 0) is 68.6 Å². The normalized spacial score (nSPS) is 15.5. The Morgan fingerprint density at radius 1 is 1.15 bits per heavy atom. The number of amides is 1. The molecule has 11 heteroatoms. The van der Waals surface area contributed by atoms with E-state index >= 15 is 0 Å². The van der Waals surface area contributed by atoms with Crippen LogP contribution in [0.4, 0.5) is 10.6 Å². The lowest BCUT2D eigenvalue weighted by atomic mass is 10.1. The van der Waals surface area contributed by atoms with E-state index in [1.165, 1.54) is 16.5 Å². The number of likely N-dealkylation sites (tertiary alicyclic amines) is 1. The Morgan fingerprint density at radius 3 is 2.41 bits per heavy atom. The minimum atomic E-state index is -3.83. The summed E-state index contributed by atoms with van der Waals surface area (Å²) in [7, 11) is -3.83. The maximum absolute atomic E-state index is 13.3. The molecule has 182 valence electrons. The molecule has 1 saturated heterocycles. The first kappa shape index (κ1) is 24.5. The van der Waals surface area contributed by atoms with Crippen LogP contribution < -0.4 is 5.32 Å². The van der Waals surface area contributed by atoms with Gasteiger partial charge in [-0.25, -0.2) is 27.2 Å². The topological polar surface area (TPSA) is 106 Å². The minimum absolute atomic E-state index is 0.0701. The van der Waals surface area contributed by atoms with Crippen LogP contribution in [0.3, 0.4) is 0 Å². The number of aromatic nitrogens is 3. The number of anilines is 1. The van der Waals surface area contributed by atoms with E-state index < -0.39 is 15.6 Å². The number of hydrogen-bond donors (Lipinski definition) is 1. The van der Waals surface area contributed by atoms with Gasteiger partial charge in [-0.1, -0.05) is 17.7 Å². The molecule has 9 nitrogen and oxygen atoms in total. The first-order valence-corrected chi connectivity index (χ1v) is 13.3. The van der Waals surface area contributed by atoms with Gasteiger partial charge in [0.2, 0.25) is 0 Å². The SMILES string of the molecule is Cc1ccc(S(=O)(=O)n2cc(Br)c3c(NC4CCN(C(=O)OC(C)(C)C)CC4)ncnc32)cc1. The minimum Gasteiger partial charge on any atom is -0.444 e. The third kappa shape index (κ3) is 5.05. The van der Waals surface area contributed by atoms with Gasteiger partial charge in [-0.15, -0.1) is 0 Å². The van der Waals surface area contributed by atoms with Gasteiger partial charge < -0.3 is 15.0 Å². The number of rotatable bonds is 4. The number of nitrogens with zero attached hydrogens (tertiary/aromatic N) is 4. The molecule has 34 heavy (non-hydrogen) atoms. The molecule has 1 aliphatic heterocycles. The number of fused-ring (bicyclic) bond motifs is 1. The summed E-state index contributed by atoms with van der Waals surface area (Å²) in [4.78, 5) is 22.9. The highest BCUT2D eigenvalue weighted by molar-refractivity contribution is 9.10. The largest absolute Gasteiger partial charge is 0.444 e. The Bertz CT molecular complexity index is 1310. The van der Waals surface area contributed by atoms with Crippen molar-refractivity contribution in [1.29, 1.82) is 0 Å². The van der Waals surface area contributed by atoms with Gasteiger partial charge >= 0.3 is 6.09 Å². The van der Waals surface area contributed by atoms with E-state index in [4.69, 9.17) is 4.74 Å². The predicted molar refractivity (Wildman–Crippen MR) is 133 cm³/mol. The van der Waals surface area contributed by atoms with Gasteiger partial charge in [0.1, 0.15) is 17.7 Å². The fourth-order valence-electron chi connectivity index (χ4n) is 3.83. The number of aryl methyl sites for hydroxylation is 1. The van der Waals surface area contributed by atoms with Gasteiger partial charge in [-0.2, -0.15) is 0 Å². The maximum Gasteiger partial charge on any atom is 0.410 e. The van der Waals surface area contributed by atoms with Crippen LogP contribution in [0, 0.1) is 6.92 Å². The highest BCUT2D eigenvalue weighted by Crippen LogP contribution is 2.33. The third-order valence-electron chi connectivity index (χ3n) is 5.57. The molecule has 0 unspecified atom stereocenters. The number of halogens is 1. The Hall–Kier alpha value is -2.66. The summed E-state index contributed by atoms with van der Waals surface area (Å²) in [6.45, 7) is 8.57. The fourth-order valence-corrected chi connectivity index (χ4v) is 5.86. The first-order chi connectivity index (χ1) is 16.0. The molecule has 1 fully saturated rings. The van der Waals surface area contributed by atoms with Crippen molar-refractivity contribution in [2.45, 2.75) is 57.1 Å². The third-order valence-corrected chi connectivity index (χ3v) is 7.84. The molecule has 3 aromatic rings. The molecule has 1 aromatic carbocycles. The summed E-state index contributed by atoms with van der Waals surface area (Å²) in [5, 5.41) is 4.01. The molecule has 4 rings (SSSR count). The van der Waals surface area contributed by atoms with Gasteiger partial charge in [0.05, 0.1) is 10.3 Å². The second-order valence-corrected chi connectivity index (χ2v) is 12.1. The molecule has 0 atom stereocenters. The van der Waals surface area contributed by atoms with Crippen LogP contribution in [0.25, 0.3) is 11.0 Å². The average molecular weight is 550 g/mol. The van der Waals surface area contributed by atoms with E-state index in [1.807, 2.05) is 27.7 Å². The van der Waals surface area contributed by atoms with Gasteiger partial charge in [-0.3, -0.25) is 0 Å². The summed E-state index contributed by atoms with van der Waals surface area (Å²) >= 11 is 3.49. The van der Waals surface area contributed by atoms with Crippen molar-refractivity contribution in [3.63, 3.8) is 0 Å². The zero-order chi connectivity index (χ0) is 24.7. The molecule has 0 saturated carbocycles. The lowest BCUT2D eigenvalue weighted by Gasteiger charge is -2.34. The van der Waals surface area contributed by atoms with Crippen LogP contribution in [-0.4, -0.2) is 58.1 Å². The fraction of sp³-hybridized carbons (Fsp3) is 0.435. The molecule has 2 aromatic heterocycles. The smallest absolute Gasteiger partial charge is 0.410 e. The first-order valence-electron chi connectivity index (χ1n) is 11.0. The highest BCUT2D eigenvalue weighted by atomic mass is 79.9. The molecule has 0 radical (unpaired) electrons. The molecule has 1 aliphatic rings. The van der Waals surface area contributed by atoms with Crippen molar-refractivity contribution in [3.05, 3.63) is 46.8 Å². The summed E-state index contributed by atoms with van der Waals surface area (Å²) in [6, 6.07) is 6.77. The second-order valence-electron chi connectivity index (χ2n) is 9.40. The quantitative estimate of drug-likeness (QED) is 0.508. The molecule has 3 heterocycles. The Balaban J connectivity index is 1.55. The van der Waals surface area contributed by atoms with Crippen molar-refractivity contribution in [3.8, 4) is 0 Å². The van der Waals surface area contributed by atoms with E-state index in [9.17, 15) is 13.2 Å². The number of carbonyl (C=O) groups is 1. The Kier molecular flexibility index (Phi) is 6.61. The van der Waals surface area contributed by atoms with Crippen molar-refractivity contribution in [1.82, 2.24) is 18.8 Å². The van der Waals surface area contributed by atoms with Crippen LogP contribution in [-0.2, 0) is 14.8 Å². The van der Waals surface area contributed by atoms with E-state index in [1.54, 1.807) is 29.2 Å². The summed E-state index contributed by atoms with van der Waals surface area (Å²) < 4.78 is 33.8. The summed E-state index contributed by atoms with van der Waals surface area (Å²) in [5.74, 6) is 0.547. The Labute approximate surface area is 207 Å². The standard InChI is InChI=1S/C23H28BrN5O4S/c1-15-5-7-17(8-6-15)34(31,32)29-13-18(24)19-20(25-14-26-21(19)29)27-16-9-11-28(12-10-16)22(30)33-23(2,3)4/h5-8,13-14,16H,9-12H2,1-4H3,(H,25,26,27). The van der Waals surface area contributed by atoms with Crippen molar-refractivity contribution >= 4 is 48.9 Å². The number of benzene rings is 1. The van der Waals surface area contributed by atoms with Crippen LogP contribution in [0.2, 0.25) is 0 Å². The second kappa shape index (κ2) is 9.18. The summed E-state index contributed by atoms with van der Waals surface area (Å²) in [6.07, 6.45) is 3.98. The van der Waals surface area contributed by atoms with Crippen LogP contribution >= 0.6 is 15.9 Å². The number of piperidine rings is 1. The lowest BCUT2D eigenvalue weighted by molar-refractivity contribution is 0.0210. The molecule has 1 N–H and O–H groups in total. The zero-order valence-corrected chi connectivity index (χ0v) is 22.0. The molecule has 1 amide bonds. The van der Waals surface area contributed by atoms with E-state index in [-0.39, 0.29) is 22.7 Å². The van der Waals surface area contributed by atoms with Gasteiger partial charge in [0.25, 0.3) is 10.0 Å².